The number of aromatic nitrogens is 2. The molecule has 1 aliphatic carbocycles. The van der Waals surface area contributed by atoms with E-state index in [4.69, 9.17) is 0 Å². The van der Waals surface area contributed by atoms with Crippen LogP contribution in [0.4, 0.5) is 10.3 Å². The highest BCUT2D eigenvalue weighted by Gasteiger charge is 2.21. The Labute approximate surface area is 99.3 Å². The molecule has 1 saturated carbocycles. The summed E-state index contributed by atoms with van der Waals surface area (Å²) in [7, 11) is 0. The van der Waals surface area contributed by atoms with Gasteiger partial charge in [-0.1, -0.05) is 6.42 Å². The summed E-state index contributed by atoms with van der Waals surface area (Å²) in [5.41, 5.74) is 0. The lowest BCUT2D eigenvalue weighted by Gasteiger charge is -2.28. The monoisotopic (exact) mass is 241 g/mol. The van der Waals surface area contributed by atoms with Gasteiger partial charge in [0.25, 0.3) is 0 Å². The van der Waals surface area contributed by atoms with Crippen LogP contribution in [0.25, 0.3) is 0 Å². The van der Waals surface area contributed by atoms with Gasteiger partial charge in [0.1, 0.15) is 0 Å². The van der Waals surface area contributed by atoms with Gasteiger partial charge in [-0.15, -0.1) is 0 Å². The van der Waals surface area contributed by atoms with E-state index in [1.54, 1.807) is 0 Å². The van der Waals surface area contributed by atoms with Gasteiger partial charge in [0.05, 0.1) is 12.4 Å². The van der Waals surface area contributed by atoms with Crippen molar-refractivity contribution < 1.29 is 4.39 Å². The Balaban J connectivity index is 1.91. The largest absolute Gasteiger partial charge is 0.351 e. The summed E-state index contributed by atoms with van der Waals surface area (Å²) < 4.78 is 12.6. The van der Waals surface area contributed by atoms with E-state index in [-0.39, 0.29) is 0 Å². The van der Waals surface area contributed by atoms with E-state index in [1.165, 1.54) is 25.2 Å². The van der Waals surface area contributed by atoms with E-state index in [1.807, 2.05) is 11.8 Å². The molecule has 1 aromatic heterocycles. The zero-order valence-electron chi connectivity index (χ0n) is 9.32. The van der Waals surface area contributed by atoms with Crippen LogP contribution in [0, 0.1) is 5.82 Å². The molecule has 3 nitrogen and oxygen atoms in total. The lowest BCUT2D eigenvalue weighted by molar-refractivity contribution is 0.471. The molecule has 0 aliphatic heterocycles. The lowest BCUT2D eigenvalue weighted by Crippen LogP contribution is -2.29. The first-order chi connectivity index (χ1) is 7.78. The molecule has 2 rings (SSSR count). The van der Waals surface area contributed by atoms with Gasteiger partial charge in [-0.2, -0.15) is 11.8 Å². The molecule has 1 N–H and O–H groups in total. The summed E-state index contributed by atoms with van der Waals surface area (Å²) in [5, 5.41) is 4.00. The van der Waals surface area contributed by atoms with Gasteiger partial charge in [-0.05, 0) is 25.5 Å². The highest BCUT2D eigenvalue weighted by molar-refractivity contribution is 7.99. The van der Waals surface area contributed by atoms with Gasteiger partial charge in [0, 0.05) is 11.3 Å². The lowest BCUT2D eigenvalue weighted by atomic mass is 9.95. The van der Waals surface area contributed by atoms with Crippen LogP contribution in [0.3, 0.4) is 0 Å². The van der Waals surface area contributed by atoms with Crippen molar-refractivity contribution in [3.8, 4) is 0 Å². The Morgan fingerprint density at radius 3 is 2.81 bits per heavy atom. The minimum atomic E-state index is -0.392. The molecule has 1 aliphatic rings. The van der Waals surface area contributed by atoms with Crippen molar-refractivity contribution in [1.29, 1.82) is 0 Å². The van der Waals surface area contributed by atoms with Crippen molar-refractivity contribution in [2.75, 3.05) is 11.6 Å². The molecular formula is C11H16FN3S. The third-order valence-corrected chi connectivity index (χ3v) is 4.01. The Morgan fingerprint density at radius 2 is 2.12 bits per heavy atom. The summed E-state index contributed by atoms with van der Waals surface area (Å²) in [6.45, 7) is 0. The summed E-state index contributed by atoms with van der Waals surface area (Å²) >= 11 is 1.92. The van der Waals surface area contributed by atoms with Crippen LogP contribution in [-0.2, 0) is 0 Å². The first-order valence-electron chi connectivity index (χ1n) is 5.55. The van der Waals surface area contributed by atoms with Crippen LogP contribution in [0.2, 0.25) is 0 Å². The fourth-order valence-corrected chi connectivity index (χ4v) is 2.89. The predicted molar refractivity (Wildman–Crippen MR) is 65.2 cm³/mol. The second-order valence-corrected chi connectivity index (χ2v) is 5.23. The number of halogens is 1. The number of thioether (sulfide) groups is 1. The summed E-state index contributed by atoms with van der Waals surface area (Å²) in [6, 6.07) is 0.427. The van der Waals surface area contributed by atoms with Crippen LogP contribution in [0.5, 0.6) is 0 Å². The smallest absolute Gasteiger partial charge is 0.222 e. The Kier molecular flexibility index (Phi) is 3.98. The highest BCUT2D eigenvalue weighted by atomic mass is 32.2. The van der Waals surface area contributed by atoms with Gasteiger partial charge >= 0.3 is 0 Å². The van der Waals surface area contributed by atoms with Crippen molar-refractivity contribution >= 4 is 17.7 Å². The molecule has 0 spiro atoms. The number of anilines is 1. The van der Waals surface area contributed by atoms with Crippen molar-refractivity contribution in [3.63, 3.8) is 0 Å². The standard InChI is InChI=1S/C11H16FN3S/c1-16-10-4-2-3-9(5-10)15-11-13-6-8(12)7-14-11/h6-7,9-10H,2-5H2,1H3,(H,13,14,15). The van der Waals surface area contributed by atoms with Gasteiger partial charge in [0.15, 0.2) is 5.82 Å². The number of rotatable bonds is 3. The van der Waals surface area contributed by atoms with Crippen molar-refractivity contribution in [2.24, 2.45) is 0 Å². The minimum Gasteiger partial charge on any atom is -0.351 e. The quantitative estimate of drug-likeness (QED) is 0.883. The van der Waals surface area contributed by atoms with Crippen LogP contribution in [-0.4, -0.2) is 27.5 Å². The maximum absolute atomic E-state index is 12.6. The van der Waals surface area contributed by atoms with Gasteiger partial charge in [-0.25, -0.2) is 14.4 Å². The van der Waals surface area contributed by atoms with Crippen molar-refractivity contribution in [2.45, 2.75) is 37.0 Å². The van der Waals surface area contributed by atoms with E-state index in [0.717, 1.165) is 18.1 Å². The average Bonchev–Trinajstić information content (AvgIpc) is 2.32. The van der Waals surface area contributed by atoms with E-state index in [2.05, 4.69) is 21.5 Å². The van der Waals surface area contributed by atoms with Crippen molar-refractivity contribution in [1.82, 2.24) is 9.97 Å². The molecule has 1 aromatic rings. The maximum atomic E-state index is 12.6. The Bertz CT molecular complexity index is 331. The second kappa shape index (κ2) is 5.48. The first kappa shape index (κ1) is 11.6. The topological polar surface area (TPSA) is 37.8 Å². The summed E-state index contributed by atoms with van der Waals surface area (Å²) in [4.78, 5) is 7.84. The van der Waals surface area contributed by atoms with Crippen LogP contribution in [0.15, 0.2) is 12.4 Å². The van der Waals surface area contributed by atoms with Crippen LogP contribution < -0.4 is 5.32 Å². The molecule has 1 heterocycles. The molecule has 0 amide bonds. The number of nitrogens with one attached hydrogen (secondary N) is 1. The zero-order valence-corrected chi connectivity index (χ0v) is 10.1. The third kappa shape index (κ3) is 3.07. The minimum absolute atomic E-state index is 0.392. The molecule has 0 bridgehead atoms. The fraction of sp³-hybridized carbons (Fsp3) is 0.636. The summed E-state index contributed by atoms with van der Waals surface area (Å²) in [6.07, 6.45) is 9.38. The second-order valence-electron chi connectivity index (χ2n) is 4.09. The van der Waals surface area contributed by atoms with E-state index in [0.29, 0.717) is 12.0 Å². The van der Waals surface area contributed by atoms with Crippen molar-refractivity contribution in [3.05, 3.63) is 18.2 Å². The third-order valence-electron chi connectivity index (χ3n) is 2.91. The zero-order chi connectivity index (χ0) is 11.4. The highest BCUT2D eigenvalue weighted by Crippen LogP contribution is 2.28. The predicted octanol–water partition coefficient (Wildman–Crippen LogP) is 2.70. The number of hydrogen-bond acceptors (Lipinski definition) is 4. The molecular weight excluding hydrogens is 225 g/mol. The Morgan fingerprint density at radius 1 is 1.38 bits per heavy atom. The number of hydrogen-bond donors (Lipinski definition) is 1. The average molecular weight is 241 g/mol. The van der Waals surface area contributed by atoms with E-state index < -0.39 is 5.82 Å². The Hall–Kier alpha value is -0.840. The molecule has 2 atom stereocenters. The molecule has 5 heteroatoms. The maximum Gasteiger partial charge on any atom is 0.222 e. The molecule has 2 unspecified atom stereocenters. The van der Waals surface area contributed by atoms with Gasteiger partial charge in [-0.3, -0.25) is 0 Å². The first-order valence-corrected chi connectivity index (χ1v) is 6.83. The van der Waals surface area contributed by atoms with E-state index in [9.17, 15) is 4.39 Å². The molecule has 0 saturated heterocycles. The van der Waals surface area contributed by atoms with Gasteiger partial charge < -0.3 is 5.32 Å². The molecule has 0 aromatic carbocycles. The van der Waals surface area contributed by atoms with Gasteiger partial charge in [0.2, 0.25) is 5.95 Å². The van der Waals surface area contributed by atoms with Crippen LogP contribution in [0.1, 0.15) is 25.7 Å². The molecule has 88 valence electrons. The molecule has 0 radical (unpaired) electrons. The normalized spacial score (nSPS) is 25.4. The molecule has 1 fully saturated rings. The van der Waals surface area contributed by atoms with Crippen LogP contribution >= 0.6 is 11.8 Å². The fourth-order valence-electron chi connectivity index (χ4n) is 2.06. The molecule has 16 heavy (non-hydrogen) atoms. The van der Waals surface area contributed by atoms with E-state index >= 15 is 0 Å². The SMILES string of the molecule is CSC1CCCC(Nc2ncc(F)cn2)C1. The summed E-state index contributed by atoms with van der Waals surface area (Å²) in [5.74, 6) is 0.143. The number of nitrogens with zero attached hydrogens (tertiary/aromatic N) is 2.